The van der Waals surface area contributed by atoms with Gasteiger partial charge in [-0.3, -0.25) is 19.3 Å². The fourth-order valence-corrected chi connectivity index (χ4v) is 2.99. The number of amides is 1. The number of esters is 1. The third-order valence-electron chi connectivity index (χ3n) is 4.90. The van der Waals surface area contributed by atoms with Crippen LogP contribution in [0.2, 0.25) is 0 Å². The normalized spacial score (nSPS) is 23.4. The molecule has 0 unspecified atom stereocenters. The van der Waals surface area contributed by atoms with Crippen molar-refractivity contribution in [2.75, 3.05) is 39.3 Å². The number of hydrogen-bond donors (Lipinski definition) is 0. The highest BCUT2D eigenvalue weighted by Gasteiger charge is 2.40. The van der Waals surface area contributed by atoms with Gasteiger partial charge in [0, 0.05) is 45.8 Å². The van der Waals surface area contributed by atoms with E-state index in [1.165, 1.54) is 23.9 Å². The third kappa shape index (κ3) is 4.25. The minimum absolute atomic E-state index is 0.0814. The predicted molar refractivity (Wildman–Crippen MR) is 90.1 cm³/mol. The Kier molecular flexibility index (Phi) is 5.17. The summed E-state index contributed by atoms with van der Waals surface area (Å²) in [6.07, 6.45) is 0.943. The quantitative estimate of drug-likeness (QED) is 0.682. The number of aromatic nitrogens is 2. The van der Waals surface area contributed by atoms with Gasteiger partial charge in [-0.15, -0.1) is 0 Å². The summed E-state index contributed by atoms with van der Waals surface area (Å²) in [6, 6.07) is 2.82. The van der Waals surface area contributed by atoms with Gasteiger partial charge in [0.1, 0.15) is 12.3 Å². The van der Waals surface area contributed by atoms with Gasteiger partial charge in [0.2, 0.25) is 0 Å². The molecule has 0 aromatic carbocycles. The molecule has 136 valence electrons. The summed E-state index contributed by atoms with van der Waals surface area (Å²) in [5, 5.41) is 4.01. The van der Waals surface area contributed by atoms with E-state index in [1.807, 2.05) is 0 Å². The molecule has 8 nitrogen and oxygen atoms in total. The zero-order valence-electron chi connectivity index (χ0n) is 14.7. The molecule has 0 spiro atoms. The minimum Gasteiger partial charge on any atom is -0.464 e. The second-order valence-corrected chi connectivity index (χ2v) is 6.80. The Hall–Kier alpha value is -2.22. The average molecular weight is 348 g/mol. The van der Waals surface area contributed by atoms with Crippen molar-refractivity contribution in [1.29, 1.82) is 0 Å². The largest absolute Gasteiger partial charge is 0.464 e. The second kappa shape index (κ2) is 7.35. The Bertz CT molecular complexity index is 709. The van der Waals surface area contributed by atoms with Gasteiger partial charge in [-0.25, -0.2) is 4.68 Å². The molecule has 2 fully saturated rings. The molecule has 1 aliphatic carbocycles. The van der Waals surface area contributed by atoms with Crippen LogP contribution in [0.15, 0.2) is 16.9 Å². The number of nitrogens with zero attached hydrogens (tertiary/aromatic N) is 4. The van der Waals surface area contributed by atoms with Crippen molar-refractivity contribution in [3.63, 3.8) is 0 Å². The van der Waals surface area contributed by atoms with Crippen LogP contribution in [0.25, 0.3) is 0 Å². The van der Waals surface area contributed by atoms with Crippen LogP contribution in [0, 0.1) is 11.8 Å². The molecule has 0 radical (unpaired) electrons. The molecule has 1 saturated carbocycles. The van der Waals surface area contributed by atoms with Crippen molar-refractivity contribution >= 4 is 11.9 Å². The van der Waals surface area contributed by atoms with Crippen LogP contribution >= 0.6 is 0 Å². The molecule has 2 atom stereocenters. The smallest absolute Gasteiger partial charge is 0.309 e. The maximum atomic E-state index is 12.4. The summed E-state index contributed by atoms with van der Waals surface area (Å²) in [7, 11) is 1.53. The molecule has 2 aliphatic rings. The summed E-state index contributed by atoms with van der Waals surface area (Å²) in [5.74, 6) is 0.323. The zero-order chi connectivity index (χ0) is 18.0. The predicted octanol–water partition coefficient (Wildman–Crippen LogP) is -0.263. The van der Waals surface area contributed by atoms with Gasteiger partial charge in [0.25, 0.3) is 11.5 Å². The van der Waals surface area contributed by atoms with E-state index in [1.54, 1.807) is 4.90 Å². The minimum atomic E-state index is -0.239. The van der Waals surface area contributed by atoms with Crippen LogP contribution in [-0.2, 0) is 16.6 Å². The first-order chi connectivity index (χ1) is 12.0. The fourth-order valence-electron chi connectivity index (χ4n) is 2.99. The molecule has 2 heterocycles. The molecule has 1 saturated heterocycles. The van der Waals surface area contributed by atoms with Crippen LogP contribution in [0.1, 0.15) is 23.8 Å². The Morgan fingerprint density at radius 1 is 1.24 bits per heavy atom. The monoisotopic (exact) mass is 348 g/mol. The van der Waals surface area contributed by atoms with E-state index >= 15 is 0 Å². The van der Waals surface area contributed by atoms with Crippen molar-refractivity contribution < 1.29 is 14.3 Å². The van der Waals surface area contributed by atoms with E-state index < -0.39 is 0 Å². The van der Waals surface area contributed by atoms with Crippen molar-refractivity contribution in [2.45, 2.75) is 13.3 Å². The van der Waals surface area contributed by atoms with Gasteiger partial charge in [0.15, 0.2) is 0 Å². The fraction of sp³-hybridized carbons (Fsp3) is 0.647. The maximum Gasteiger partial charge on any atom is 0.309 e. The number of aryl methyl sites for hydroxylation is 1. The number of carbonyl (C=O) groups excluding carboxylic acids is 2. The first-order valence-electron chi connectivity index (χ1n) is 8.68. The molecule has 1 aromatic rings. The second-order valence-electron chi connectivity index (χ2n) is 6.80. The van der Waals surface area contributed by atoms with E-state index in [0.717, 1.165) is 19.5 Å². The van der Waals surface area contributed by atoms with E-state index in [2.05, 4.69) is 16.9 Å². The molecule has 3 rings (SSSR count). The lowest BCUT2D eigenvalue weighted by atomic mass is 10.2. The Morgan fingerprint density at radius 3 is 2.52 bits per heavy atom. The van der Waals surface area contributed by atoms with E-state index in [-0.39, 0.29) is 29.0 Å². The van der Waals surface area contributed by atoms with Gasteiger partial charge < -0.3 is 9.64 Å². The summed E-state index contributed by atoms with van der Waals surface area (Å²) in [5.41, 5.74) is 0.0412. The van der Waals surface area contributed by atoms with Crippen molar-refractivity contribution in [1.82, 2.24) is 19.6 Å². The van der Waals surface area contributed by atoms with Crippen LogP contribution in [-0.4, -0.2) is 70.8 Å². The third-order valence-corrected chi connectivity index (χ3v) is 4.90. The number of hydrogen-bond acceptors (Lipinski definition) is 6. The molecule has 1 aliphatic heterocycles. The van der Waals surface area contributed by atoms with Gasteiger partial charge in [-0.05, 0) is 18.4 Å². The van der Waals surface area contributed by atoms with E-state index in [4.69, 9.17) is 4.74 Å². The summed E-state index contributed by atoms with van der Waals surface area (Å²) in [6.45, 7) is 5.80. The highest BCUT2D eigenvalue weighted by atomic mass is 16.5. The van der Waals surface area contributed by atoms with Crippen molar-refractivity contribution in [3.8, 4) is 0 Å². The maximum absolute atomic E-state index is 12.4. The molecule has 0 bridgehead atoms. The molecular weight excluding hydrogens is 324 g/mol. The highest BCUT2D eigenvalue weighted by molar-refractivity contribution is 5.92. The summed E-state index contributed by atoms with van der Waals surface area (Å²) in [4.78, 5) is 39.4. The average Bonchev–Trinajstić information content (AvgIpc) is 3.34. The number of ether oxygens (including phenoxy) is 1. The molecular formula is C17H24N4O4. The molecule has 1 aromatic heterocycles. The summed E-state index contributed by atoms with van der Waals surface area (Å²) >= 11 is 0. The number of carbonyl (C=O) groups is 2. The van der Waals surface area contributed by atoms with E-state index in [9.17, 15) is 14.4 Å². The van der Waals surface area contributed by atoms with Crippen molar-refractivity contribution in [3.05, 3.63) is 28.2 Å². The molecule has 25 heavy (non-hydrogen) atoms. The standard InChI is InChI=1S/C17H24N4O4/c1-12-11-13(12)17(24)25-10-9-20-5-7-21(8-6-20)16(23)14-3-4-15(22)19(2)18-14/h3-4,12-13H,5-11H2,1-2H3/t12-,13-/m0/s1. The summed E-state index contributed by atoms with van der Waals surface area (Å²) < 4.78 is 6.47. The van der Waals surface area contributed by atoms with Crippen LogP contribution < -0.4 is 5.56 Å². The van der Waals surface area contributed by atoms with Gasteiger partial charge >= 0.3 is 5.97 Å². The highest BCUT2D eigenvalue weighted by Crippen LogP contribution is 2.38. The SMILES string of the molecule is C[C@H]1C[C@@H]1C(=O)OCCN1CCN(C(=O)c2ccc(=O)n(C)n2)CC1. The lowest BCUT2D eigenvalue weighted by Crippen LogP contribution is -2.49. The Morgan fingerprint density at radius 2 is 1.92 bits per heavy atom. The Balaban J connectivity index is 1.42. The lowest BCUT2D eigenvalue weighted by Gasteiger charge is -2.34. The topological polar surface area (TPSA) is 84.7 Å². The van der Waals surface area contributed by atoms with Gasteiger partial charge in [-0.1, -0.05) is 6.92 Å². The zero-order valence-corrected chi connectivity index (χ0v) is 14.7. The van der Waals surface area contributed by atoms with Crippen LogP contribution in [0.4, 0.5) is 0 Å². The molecule has 8 heteroatoms. The molecule has 0 N–H and O–H groups in total. The van der Waals surface area contributed by atoms with Crippen LogP contribution in [0.5, 0.6) is 0 Å². The number of rotatable bonds is 5. The van der Waals surface area contributed by atoms with Crippen molar-refractivity contribution in [2.24, 2.45) is 18.9 Å². The van der Waals surface area contributed by atoms with E-state index in [0.29, 0.717) is 32.2 Å². The van der Waals surface area contributed by atoms with Crippen LogP contribution in [0.3, 0.4) is 0 Å². The Labute approximate surface area is 146 Å². The van der Waals surface area contributed by atoms with Gasteiger partial charge in [0.05, 0.1) is 5.92 Å². The molecule has 1 amide bonds. The number of piperazine rings is 1. The first kappa shape index (κ1) is 17.6. The van der Waals surface area contributed by atoms with Gasteiger partial charge in [-0.2, -0.15) is 5.10 Å². The first-order valence-corrected chi connectivity index (χ1v) is 8.68. The lowest BCUT2D eigenvalue weighted by molar-refractivity contribution is -0.146.